The van der Waals surface area contributed by atoms with Crippen molar-refractivity contribution < 1.29 is 39.2 Å². The van der Waals surface area contributed by atoms with Gasteiger partial charge in [0.2, 0.25) is 5.78 Å². The van der Waals surface area contributed by atoms with Gasteiger partial charge in [0, 0.05) is 35.2 Å². The lowest BCUT2D eigenvalue weighted by Crippen LogP contribution is -2.63. The minimum absolute atomic E-state index is 0.0151. The van der Waals surface area contributed by atoms with Crippen LogP contribution in [0.5, 0.6) is 5.75 Å². The summed E-state index contributed by atoms with van der Waals surface area (Å²) in [5.74, 6) is -8.15. The lowest BCUT2D eigenvalue weighted by atomic mass is 9.58. The maximum absolute atomic E-state index is 16.0. The molecule has 0 unspecified atom stereocenters. The van der Waals surface area contributed by atoms with E-state index in [9.17, 15) is 34.8 Å². The zero-order chi connectivity index (χ0) is 30.1. The molecule has 222 valence electrons. The van der Waals surface area contributed by atoms with Gasteiger partial charge in [0.15, 0.2) is 11.4 Å². The Balaban J connectivity index is 1.55. The van der Waals surface area contributed by atoms with Crippen molar-refractivity contribution in [1.82, 2.24) is 14.7 Å². The van der Waals surface area contributed by atoms with Crippen LogP contribution < -0.4 is 5.73 Å². The van der Waals surface area contributed by atoms with Crippen LogP contribution in [0.25, 0.3) is 0 Å². The number of phenols is 1. The first-order chi connectivity index (χ1) is 19.2. The van der Waals surface area contributed by atoms with Crippen molar-refractivity contribution in [3.05, 3.63) is 51.2 Å². The third-order valence-corrected chi connectivity index (χ3v) is 9.41. The number of aliphatic hydroxyl groups excluding tert-OH is 2. The van der Waals surface area contributed by atoms with Gasteiger partial charge in [-0.15, -0.1) is 0 Å². The summed E-state index contributed by atoms with van der Waals surface area (Å²) in [6, 6.07) is 0.567. The average molecular weight is 573 g/mol. The van der Waals surface area contributed by atoms with Crippen LogP contribution in [0.4, 0.5) is 4.39 Å². The molecule has 4 aliphatic rings. The number of phenolic OH excluding ortho intramolecular Hbond substituents is 1. The summed E-state index contributed by atoms with van der Waals surface area (Å²) in [7, 11) is 7.17. The fourth-order valence-electron chi connectivity index (χ4n) is 7.30. The Hall–Kier alpha value is -3.32. The van der Waals surface area contributed by atoms with Gasteiger partial charge in [0.25, 0.3) is 5.91 Å². The number of likely N-dealkylation sites (tertiary alicyclic amines) is 1. The molecule has 4 atom stereocenters. The van der Waals surface area contributed by atoms with Gasteiger partial charge in [-0.2, -0.15) is 0 Å². The van der Waals surface area contributed by atoms with Crippen molar-refractivity contribution in [2.75, 3.05) is 41.3 Å². The predicted octanol–water partition coefficient (Wildman–Crippen LogP) is 0.786. The summed E-state index contributed by atoms with van der Waals surface area (Å²) < 4.78 is 16.0. The van der Waals surface area contributed by atoms with E-state index in [4.69, 9.17) is 5.73 Å². The molecule has 1 aromatic carbocycles. The Morgan fingerprint density at radius 3 is 2.32 bits per heavy atom. The van der Waals surface area contributed by atoms with Crippen LogP contribution >= 0.6 is 0 Å². The summed E-state index contributed by atoms with van der Waals surface area (Å²) in [5, 5.41) is 44.7. The molecule has 5 rings (SSSR count). The molecule has 1 fully saturated rings. The van der Waals surface area contributed by atoms with Crippen LogP contribution in [0.3, 0.4) is 0 Å². The molecule has 12 heteroatoms. The third-order valence-electron chi connectivity index (χ3n) is 9.41. The van der Waals surface area contributed by atoms with Gasteiger partial charge < -0.3 is 31.1 Å². The number of hydrogen-bond donors (Lipinski definition) is 5. The second kappa shape index (κ2) is 10.2. The molecule has 0 saturated carbocycles. The Kier molecular flexibility index (Phi) is 7.26. The molecular weight excluding hydrogens is 535 g/mol. The topological polar surface area (TPSA) is 168 Å². The largest absolute Gasteiger partial charge is 0.510 e. The number of nitrogens with two attached hydrogens (primary N) is 1. The maximum Gasteiger partial charge on any atom is 0.255 e. The molecule has 41 heavy (non-hydrogen) atoms. The van der Waals surface area contributed by atoms with Gasteiger partial charge in [0.05, 0.1) is 11.6 Å². The van der Waals surface area contributed by atoms with Gasteiger partial charge in [-0.25, -0.2) is 4.39 Å². The molecule has 1 saturated heterocycles. The number of nitrogens with zero attached hydrogens (tertiary/aromatic N) is 3. The molecule has 1 heterocycles. The zero-order valence-electron chi connectivity index (χ0n) is 23.6. The Labute approximate surface area is 237 Å². The average Bonchev–Trinajstić information content (AvgIpc) is 2.89. The van der Waals surface area contributed by atoms with E-state index in [2.05, 4.69) is 9.80 Å². The maximum atomic E-state index is 16.0. The van der Waals surface area contributed by atoms with Crippen molar-refractivity contribution in [3.63, 3.8) is 0 Å². The number of hydrogen-bond acceptors (Lipinski definition) is 10. The van der Waals surface area contributed by atoms with Crippen LogP contribution in [-0.2, 0) is 22.6 Å². The van der Waals surface area contributed by atoms with E-state index >= 15 is 4.39 Å². The summed E-state index contributed by atoms with van der Waals surface area (Å²) in [6.07, 6.45) is 1.68. The fraction of sp³-hybridized carbons (Fsp3) is 0.552. The highest BCUT2D eigenvalue weighted by Crippen LogP contribution is 2.52. The molecule has 0 radical (unpaired) electrons. The number of piperidine rings is 1. The molecule has 1 amide bonds. The minimum Gasteiger partial charge on any atom is -0.510 e. The predicted molar refractivity (Wildman–Crippen MR) is 146 cm³/mol. The molecule has 0 bridgehead atoms. The number of allylic oxidation sites excluding steroid dienone is 1. The lowest BCUT2D eigenvalue weighted by molar-refractivity contribution is -0.148. The quantitative estimate of drug-likeness (QED) is 0.318. The van der Waals surface area contributed by atoms with Crippen LogP contribution in [-0.4, -0.2) is 112 Å². The van der Waals surface area contributed by atoms with E-state index in [0.29, 0.717) is 6.04 Å². The zero-order valence-corrected chi connectivity index (χ0v) is 23.6. The van der Waals surface area contributed by atoms with Gasteiger partial charge >= 0.3 is 0 Å². The summed E-state index contributed by atoms with van der Waals surface area (Å²) in [5.41, 5.74) is 1.39. The normalized spacial score (nSPS) is 29.2. The standard InChI is InChI=1S/C29H37FN4O7/c1-32(2)15-5-7-34(8-6-15)12-14-11-18(35)20-16(22(14)30)9-13-10-17-23(33(3)4)25(37)21(28(31)40)27(39)29(17,41)26(38)19(13)24(20)36/h11,13,15,17,23,35,37-38,41H,5-10,12H2,1-4H3,(H2,31,40)/t13-,17-,23-,29-/m0/s1. The van der Waals surface area contributed by atoms with Crippen molar-refractivity contribution in [3.8, 4) is 5.75 Å². The van der Waals surface area contributed by atoms with Crippen LogP contribution in [0.1, 0.15) is 40.7 Å². The van der Waals surface area contributed by atoms with Gasteiger partial charge in [-0.05, 0) is 78.9 Å². The first-order valence-electron chi connectivity index (χ1n) is 13.8. The van der Waals surface area contributed by atoms with Crippen molar-refractivity contribution in [2.24, 2.45) is 17.6 Å². The van der Waals surface area contributed by atoms with Gasteiger partial charge in [0.1, 0.15) is 28.7 Å². The number of halogens is 1. The number of carbonyl (C=O) groups excluding carboxylic acids is 3. The molecule has 6 N–H and O–H groups in total. The number of fused-ring (bicyclic) bond motifs is 3. The Morgan fingerprint density at radius 1 is 1.12 bits per heavy atom. The number of amides is 1. The lowest BCUT2D eigenvalue weighted by Gasteiger charge is -2.50. The number of aliphatic hydroxyl groups is 3. The van der Waals surface area contributed by atoms with Crippen molar-refractivity contribution >= 4 is 17.5 Å². The summed E-state index contributed by atoms with van der Waals surface area (Å²) in [6.45, 7) is 1.77. The number of benzene rings is 1. The van der Waals surface area contributed by atoms with Crippen molar-refractivity contribution in [2.45, 2.75) is 49.9 Å². The second-order valence-electron chi connectivity index (χ2n) is 12.2. The summed E-state index contributed by atoms with van der Waals surface area (Å²) in [4.78, 5) is 44.9. The van der Waals surface area contributed by atoms with Crippen LogP contribution in [0, 0.1) is 17.7 Å². The highest BCUT2D eigenvalue weighted by molar-refractivity contribution is 6.24. The van der Waals surface area contributed by atoms with Crippen molar-refractivity contribution in [1.29, 1.82) is 0 Å². The van der Waals surface area contributed by atoms with E-state index in [1.165, 1.54) is 11.0 Å². The van der Waals surface area contributed by atoms with Crippen LogP contribution in [0.2, 0.25) is 0 Å². The SMILES string of the molecule is CN(C)C1CCN(Cc2cc(O)c3c(c2F)C[C@H]2C[C@H]4[C@H](N(C)C)C(O)=C(C(N)=O)C(=O)[C@@]4(O)C(O)=C2C3=O)CC1. The number of Topliss-reactive ketones (excluding diaryl/α,β-unsaturated/α-hetero) is 2. The number of rotatable bonds is 5. The number of carbonyl (C=O) groups is 3. The highest BCUT2D eigenvalue weighted by Gasteiger charge is 2.63. The van der Waals surface area contributed by atoms with E-state index in [-0.39, 0.29) is 41.6 Å². The fourth-order valence-corrected chi connectivity index (χ4v) is 7.30. The molecule has 0 spiro atoms. The number of aromatic hydroxyl groups is 1. The molecule has 1 aliphatic heterocycles. The van der Waals surface area contributed by atoms with Gasteiger partial charge in [-0.3, -0.25) is 24.2 Å². The Morgan fingerprint density at radius 2 is 1.76 bits per heavy atom. The number of ketones is 2. The molecule has 0 aromatic heterocycles. The Bertz CT molecular complexity index is 1400. The number of likely N-dealkylation sites (N-methyl/N-ethyl adjacent to an activating group) is 1. The van der Waals surface area contributed by atoms with Gasteiger partial charge in [-0.1, -0.05) is 0 Å². The minimum atomic E-state index is -2.72. The van der Waals surface area contributed by atoms with Crippen LogP contribution in [0.15, 0.2) is 28.7 Å². The first kappa shape index (κ1) is 29.2. The number of primary amides is 1. The first-order valence-corrected chi connectivity index (χ1v) is 13.8. The third kappa shape index (κ3) is 4.35. The molecule has 1 aromatic rings. The van der Waals surface area contributed by atoms with E-state index < -0.39 is 69.6 Å². The van der Waals surface area contributed by atoms with E-state index in [0.717, 1.165) is 25.9 Å². The highest BCUT2D eigenvalue weighted by atomic mass is 19.1. The summed E-state index contributed by atoms with van der Waals surface area (Å²) >= 11 is 0. The monoisotopic (exact) mass is 572 g/mol. The van der Waals surface area contributed by atoms with E-state index in [1.807, 2.05) is 14.1 Å². The molecule has 3 aliphatic carbocycles. The van der Waals surface area contributed by atoms with E-state index in [1.54, 1.807) is 14.1 Å². The molecule has 11 nitrogen and oxygen atoms in total. The smallest absolute Gasteiger partial charge is 0.255 e. The molecular formula is C29H37FN4O7. The second-order valence-corrected chi connectivity index (χ2v) is 12.2.